The lowest BCUT2D eigenvalue weighted by Crippen LogP contribution is -2.37. The number of hydrogen-bond acceptors (Lipinski definition) is 16. The van der Waals surface area contributed by atoms with Crippen LogP contribution >= 0.6 is 0 Å². The highest BCUT2D eigenvalue weighted by molar-refractivity contribution is 5.61. The number of rotatable bonds is 5. The molecule has 3 heterocycles. The molecule has 9 atom stereocenters. The first kappa shape index (κ1) is 39.2. The van der Waals surface area contributed by atoms with Gasteiger partial charge in [0.25, 0.3) is 0 Å². The number of phenols is 9. The van der Waals surface area contributed by atoms with Crippen molar-refractivity contribution in [2.75, 3.05) is 0 Å². The quantitative estimate of drug-likeness (QED) is 0.104. The molecule has 0 amide bonds. The molecule has 0 saturated carbocycles. The molecular weight excluding hydrogens is 796 g/mol. The van der Waals surface area contributed by atoms with Crippen LogP contribution in [0, 0.1) is 0 Å². The molecule has 61 heavy (non-hydrogen) atoms. The van der Waals surface area contributed by atoms with Gasteiger partial charge in [-0.2, -0.15) is 0 Å². The molecule has 314 valence electrons. The number of aromatic hydroxyl groups is 9. The fourth-order valence-electron chi connectivity index (χ4n) is 8.60. The summed E-state index contributed by atoms with van der Waals surface area (Å²) in [6.07, 6.45) is -10.2. The van der Waals surface area contributed by atoms with Crippen molar-refractivity contribution < 1.29 is 80.6 Å². The zero-order valence-corrected chi connectivity index (χ0v) is 31.5. The largest absolute Gasteiger partial charge is 0.508 e. The van der Waals surface area contributed by atoms with E-state index in [4.69, 9.17) is 14.2 Å². The molecule has 3 aliphatic heterocycles. The first-order valence-corrected chi connectivity index (χ1v) is 18.9. The van der Waals surface area contributed by atoms with Crippen LogP contribution in [-0.2, 0) is 0 Å². The van der Waals surface area contributed by atoms with Gasteiger partial charge in [0, 0.05) is 57.9 Å². The van der Waals surface area contributed by atoms with Crippen molar-refractivity contribution in [3.63, 3.8) is 0 Å². The Morgan fingerprint density at radius 2 is 0.705 bits per heavy atom. The summed E-state index contributed by atoms with van der Waals surface area (Å²) in [6, 6.07) is 20.7. The van der Waals surface area contributed by atoms with Gasteiger partial charge >= 0.3 is 0 Å². The molecule has 0 aromatic heterocycles. The van der Waals surface area contributed by atoms with Crippen molar-refractivity contribution in [1.29, 1.82) is 0 Å². The molecule has 0 fully saturated rings. The van der Waals surface area contributed by atoms with Crippen molar-refractivity contribution in [2.45, 2.75) is 54.6 Å². The van der Waals surface area contributed by atoms with Gasteiger partial charge in [-0.3, -0.25) is 0 Å². The van der Waals surface area contributed by atoms with Crippen molar-refractivity contribution in [3.05, 3.63) is 142 Å². The number of aliphatic hydroxyl groups is 4. The molecule has 13 N–H and O–H groups in total. The predicted molar refractivity (Wildman–Crippen MR) is 210 cm³/mol. The van der Waals surface area contributed by atoms with E-state index in [0.717, 1.165) is 6.07 Å². The SMILES string of the molecule is Oc1ccc2c(c1)O[C@H](c1ccc(O)c(O)c1)[C@@H](O)[C@H]2c1cc2c(cc1O)O[C@H](c1ccc(O)c(O)c1)[C@@H](O)[C@@H]2c1cc2c(cc1O)O[C@H](c1ccc(O)c(O)c1)[C@@H](O)[C@@H]2O. The summed E-state index contributed by atoms with van der Waals surface area (Å²) >= 11 is 0. The molecule has 0 radical (unpaired) electrons. The zero-order valence-electron chi connectivity index (χ0n) is 31.5. The van der Waals surface area contributed by atoms with Gasteiger partial charge in [-0.15, -0.1) is 0 Å². The summed E-state index contributed by atoms with van der Waals surface area (Å²) in [5, 5.41) is 142. The first-order chi connectivity index (χ1) is 29.1. The molecule has 0 aliphatic carbocycles. The second-order valence-electron chi connectivity index (χ2n) is 15.4. The van der Waals surface area contributed by atoms with Crippen LogP contribution < -0.4 is 14.2 Å². The van der Waals surface area contributed by atoms with Crippen LogP contribution in [0.3, 0.4) is 0 Å². The van der Waals surface area contributed by atoms with E-state index in [-0.39, 0.29) is 61.9 Å². The maximum absolute atomic E-state index is 12.3. The van der Waals surface area contributed by atoms with Gasteiger partial charge in [0.15, 0.2) is 52.8 Å². The third-order valence-corrected chi connectivity index (χ3v) is 11.7. The summed E-state index contributed by atoms with van der Waals surface area (Å²) in [7, 11) is 0. The van der Waals surface area contributed by atoms with Crippen LogP contribution in [0.1, 0.15) is 80.8 Å². The van der Waals surface area contributed by atoms with Crippen LogP contribution in [0.2, 0.25) is 0 Å². The van der Waals surface area contributed by atoms with E-state index in [1.807, 2.05) is 0 Å². The summed E-state index contributed by atoms with van der Waals surface area (Å²) < 4.78 is 18.5. The Bertz CT molecular complexity index is 2720. The van der Waals surface area contributed by atoms with E-state index in [9.17, 15) is 66.4 Å². The van der Waals surface area contributed by atoms with E-state index in [1.165, 1.54) is 91.0 Å². The van der Waals surface area contributed by atoms with Crippen molar-refractivity contribution in [3.8, 4) is 69.0 Å². The molecular formula is C45H38O16. The summed E-state index contributed by atoms with van der Waals surface area (Å²) in [4.78, 5) is 0. The number of hydrogen-bond donors (Lipinski definition) is 13. The molecule has 0 spiro atoms. The standard InChI is InChI=1S/C45H38O16/c46-20-4-5-21-34(12-20)59-43(17-1-6-26(47)31(52)9-17)40(56)37(21)22-13-24-35(15-29(22)50)60-44(18-2-7-27(48)32(53)10-18)41(57)38(24)23-14-25-36(16-30(23)51)61-45(42(58)39(25)55)19-3-8-28(49)33(54)11-19/h1-16,37-58H/t37-,38-,39-,40+,41+,42+,43-,44-,45-/m1/s1. The van der Waals surface area contributed by atoms with Crippen LogP contribution in [0.5, 0.6) is 69.0 Å². The van der Waals surface area contributed by atoms with Gasteiger partial charge in [-0.1, -0.05) is 24.3 Å². The second kappa shape index (κ2) is 14.5. The number of fused-ring (bicyclic) bond motifs is 3. The third-order valence-electron chi connectivity index (χ3n) is 11.7. The highest BCUT2D eigenvalue weighted by Crippen LogP contribution is 2.56. The Morgan fingerprint density at radius 1 is 0.311 bits per heavy atom. The van der Waals surface area contributed by atoms with Gasteiger partial charge in [0.2, 0.25) is 0 Å². The monoisotopic (exact) mass is 834 g/mol. The van der Waals surface area contributed by atoms with Crippen LogP contribution in [0.15, 0.2) is 97.1 Å². The molecule has 0 bridgehead atoms. The van der Waals surface area contributed by atoms with E-state index in [0.29, 0.717) is 5.56 Å². The molecule has 3 aliphatic rings. The normalized spacial score (nSPS) is 25.2. The Labute approximate surface area is 345 Å². The van der Waals surface area contributed by atoms with E-state index in [1.54, 1.807) is 0 Å². The number of aliphatic hydroxyl groups excluding tert-OH is 4. The molecule has 6 aromatic carbocycles. The van der Waals surface area contributed by atoms with Crippen LogP contribution in [0.4, 0.5) is 0 Å². The van der Waals surface area contributed by atoms with Gasteiger partial charge < -0.3 is 80.6 Å². The number of benzene rings is 6. The van der Waals surface area contributed by atoms with Gasteiger partial charge in [0.1, 0.15) is 58.9 Å². The minimum Gasteiger partial charge on any atom is -0.508 e. The van der Waals surface area contributed by atoms with Crippen LogP contribution in [0.25, 0.3) is 0 Å². The summed E-state index contributed by atoms with van der Waals surface area (Å²) in [6.45, 7) is 0. The summed E-state index contributed by atoms with van der Waals surface area (Å²) in [5.41, 5.74) is 1.19. The number of phenolic OH excluding ortho intramolecular Hbond substituents is 9. The van der Waals surface area contributed by atoms with Gasteiger partial charge in [-0.25, -0.2) is 0 Å². The Morgan fingerprint density at radius 3 is 1.16 bits per heavy atom. The van der Waals surface area contributed by atoms with Crippen LogP contribution in [-0.4, -0.2) is 84.7 Å². The highest BCUT2D eigenvalue weighted by Gasteiger charge is 2.46. The summed E-state index contributed by atoms with van der Waals surface area (Å²) in [5.74, 6) is -6.17. The Balaban J connectivity index is 1.20. The van der Waals surface area contributed by atoms with E-state index >= 15 is 0 Å². The zero-order chi connectivity index (χ0) is 43.2. The van der Waals surface area contributed by atoms with Crippen molar-refractivity contribution >= 4 is 0 Å². The maximum atomic E-state index is 12.3. The average molecular weight is 835 g/mol. The topological polar surface area (TPSA) is 291 Å². The third kappa shape index (κ3) is 6.49. The minimum atomic E-state index is -1.65. The maximum Gasteiger partial charge on any atom is 0.157 e. The van der Waals surface area contributed by atoms with Crippen molar-refractivity contribution in [1.82, 2.24) is 0 Å². The second-order valence-corrected chi connectivity index (χ2v) is 15.4. The van der Waals surface area contributed by atoms with E-state index < -0.39 is 101 Å². The highest BCUT2D eigenvalue weighted by atomic mass is 16.5. The molecule has 9 rings (SSSR count). The average Bonchev–Trinajstić information content (AvgIpc) is 3.22. The molecule has 16 nitrogen and oxygen atoms in total. The molecule has 0 unspecified atom stereocenters. The van der Waals surface area contributed by atoms with Gasteiger partial charge in [0.05, 0.1) is 0 Å². The van der Waals surface area contributed by atoms with Gasteiger partial charge in [-0.05, 0) is 71.3 Å². The van der Waals surface area contributed by atoms with E-state index in [2.05, 4.69) is 0 Å². The molecule has 0 saturated heterocycles. The first-order valence-electron chi connectivity index (χ1n) is 18.9. The molecule has 6 aromatic rings. The lowest BCUT2D eigenvalue weighted by Gasteiger charge is -2.41. The number of ether oxygens (including phenoxy) is 3. The lowest BCUT2D eigenvalue weighted by atomic mass is 9.75. The Kier molecular flexibility index (Phi) is 9.32. The minimum absolute atomic E-state index is 0.00574. The predicted octanol–water partition coefficient (Wildman–Crippen LogP) is 4.82. The Hall–Kier alpha value is -7.24. The molecule has 16 heteroatoms. The van der Waals surface area contributed by atoms with Crippen molar-refractivity contribution in [2.24, 2.45) is 0 Å². The lowest BCUT2D eigenvalue weighted by molar-refractivity contribution is -0.0702. The fourth-order valence-corrected chi connectivity index (χ4v) is 8.60. The fraction of sp³-hybridized carbons (Fsp3) is 0.200. The smallest absolute Gasteiger partial charge is 0.157 e.